The zero-order valence-electron chi connectivity index (χ0n) is 27.0. The Balaban J connectivity index is 1.77. The summed E-state index contributed by atoms with van der Waals surface area (Å²) in [4.78, 5) is 13.5. The molecule has 0 bridgehead atoms. The van der Waals surface area contributed by atoms with Crippen LogP contribution >= 0.6 is 0 Å². The molecule has 3 aromatic carbocycles. The van der Waals surface area contributed by atoms with Gasteiger partial charge in [-0.1, -0.05) is 88.4 Å². The van der Waals surface area contributed by atoms with Gasteiger partial charge in [0.1, 0.15) is 11.5 Å². The van der Waals surface area contributed by atoms with Crippen LogP contribution in [0.25, 0.3) is 0 Å². The molecule has 0 aliphatic carbocycles. The Labute approximate surface area is 258 Å². The van der Waals surface area contributed by atoms with Crippen molar-refractivity contribution < 1.29 is 32.9 Å². The molecule has 0 saturated heterocycles. The summed E-state index contributed by atoms with van der Waals surface area (Å²) >= 11 is 0. The van der Waals surface area contributed by atoms with Crippen molar-refractivity contribution in [1.29, 1.82) is 0 Å². The van der Waals surface area contributed by atoms with Crippen molar-refractivity contribution in [3.63, 3.8) is 0 Å². The minimum atomic E-state index is -2.61. The van der Waals surface area contributed by atoms with Crippen LogP contribution in [0.4, 0.5) is 0 Å². The Bertz CT molecular complexity index is 1250. The number of carbonyl (C=O) groups excluding carboxylic acids is 1. The second-order valence-electron chi connectivity index (χ2n) is 11.8. The van der Waals surface area contributed by atoms with Crippen molar-refractivity contribution >= 4 is 24.5 Å². The van der Waals surface area contributed by atoms with Crippen LogP contribution in [-0.2, 0) is 25.1 Å². The van der Waals surface area contributed by atoms with E-state index in [1.165, 1.54) is 10.4 Å². The highest BCUT2D eigenvalue weighted by Gasteiger charge is 2.50. The van der Waals surface area contributed by atoms with Gasteiger partial charge in [-0.3, -0.25) is 4.79 Å². The van der Waals surface area contributed by atoms with Crippen LogP contribution in [0.3, 0.4) is 0 Å². The number of Topliss-reactive ketones (excluding diaryl/α,β-unsaturated/α-hetero) is 1. The lowest BCUT2D eigenvalue weighted by Crippen LogP contribution is -2.66. The third-order valence-electron chi connectivity index (χ3n) is 7.79. The zero-order valence-corrected chi connectivity index (χ0v) is 28.0. The molecule has 3 aromatic rings. The van der Waals surface area contributed by atoms with Crippen LogP contribution in [0, 0.1) is 12.8 Å². The van der Waals surface area contributed by atoms with Crippen LogP contribution < -0.4 is 24.6 Å². The van der Waals surface area contributed by atoms with Gasteiger partial charge in [-0.2, -0.15) is 0 Å². The summed E-state index contributed by atoms with van der Waals surface area (Å²) in [5, 5.41) is 2.41. The van der Waals surface area contributed by atoms with E-state index in [9.17, 15) is 4.79 Å². The van der Waals surface area contributed by atoms with Crippen LogP contribution in [0.15, 0.2) is 66.7 Å². The van der Waals surface area contributed by atoms with Gasteiger partial charge in [0.15, 0.2) is 25.1 Å². The first-order chi connectivity index (χ1) is 20.6. The van der Waals surface area contributed by atoms with E-state index in [2.05, 4.69) is 69.3 Å². The number of rotatable bonds is 17. The molecule has 43 heavy (non-hydrogen) atoms. The molecular formula is C35H48O7Si. The number of methoxy groups -OCH3 is 3. The van der Waals surface area contributed by atoms with Crippen molar-refractivity contribution in [2.75, 3.05) is 41.5 Å². The summed E-state index contributed by atoms with van der Waals surface area (Å²) < 4.78 is 34.5. The van der Waals surface area contributed by atoms with Gasteiger partial charge in [0.05, 0.1) is 7.11 Å². The molecule has 0 aromatic heterocycles. The Morgan fingerprint density at radius 3 is 1.91 bits per heavy atom. The van der Waals surface area contributed by atoms with E-state index in [1.54, 1.807) is 27.4 Å². The lowest BCUT2D eigenvalue weighted by Gasteiger charge is -2.43. The van der Waals surface area contributed by atoms with Gasteiger partial charge >= 0.3 is 0 Å². The second kappa shape index (κ2) is 16.1. The number of hydrogen-bond donors (Lipinski definition) is 0. The molecule has 7 nitrogen and oxygen atoms in total. The molecule has 0 aliphatic heterocycles. The number of hydrogen-bond acceptors (Lipinski definition) is 7. The minimum Gasteiger partial charge on any atom is -0.492 e. The Hall–Kier alpha value is -3.17. The Morgan fingerprint density at radius 2 is 1.40 bits per heavy atom. The summed E-state index contributed by atoms with van der Waals surface area (Å²) in [6.07, 6.45) is 1.69. The quantitative estimate of drug-likeness (QED) is 0.105. The van der Waals surface area contributed by atoms with Gasteiger partial charge in [-0.05, 0) is 41.2 Å². The van der Waals surface area contributed by atoms with Crippen LogP contribution in [0.2, 0.25) is 5.04 Å². The fraction of sp³-hybridized carbons (Fsp3) is 0.457. The Kier molecular flexibility index (Phi) is 12.8. The zero-order chi connectivity index (χ0) is 31.5. The predicted octanol–water partition coefficient (Wildman–Crippen LogP) is 6.07. The maximum Gasteiger partial charge on any atom is 0.261 e. The van der Waals surface area contributed by atoms with Crippen molar-refractivity contribution in [2.24, 2.45) is 5.92 Å². The lowest BCUT2D eigenvalue weighted by molar-refractivity contribution is -0.122. The highest BCUT2D eigenvalue weighted by atomic mass is 28.4. The van der Waals surface area contributed by atoms with E-state index in [0.717, 1.165) is 17.5 Å². The molecule has 0 amide bonds. The first kappa shape index (κ1) is 34.3. The summed E-state index contributed by atoms with van der Waals surface area (Å²) in [6.45, 7) is 11.4. The average molecular weight is 609 g/mol. The summed E-state index contributed by atoms with van der Waals surface area (Å²) in [5.41, 5.74) is 1.46. The first-order valence-corrected chi connectivity index (χ1v) is 16.7. The van der Waals surface area contributed by atoms with E-state index in [-0.39, 0.29) is 36.7 Å². The molecular weight excluding hydrogens is 560 g/mol. The maximum absolute atomic E-state index is 13.5. The van der Waals surface area contributed by atoms with Gasteiger partial charge in [0, 0.05) is 44.3 Å². The SMILES string of the molecule is COCOc1cc(CC(=O)[C@@H](C)CCCO[Si](c2ccccc2)(c2ccccc2)C(C)(C)C)c(OCOC)c(C)c1OC. The largest absolute Gasteiger partial charge is 0.492 e. The van der Waals surface area contributed by atoms with Crippen molar-refractivity contribution in [3.05, 3.63) is 77.9 Å². The number of benzene rings is 3. The van der Waals surface area contributed by atoms with E-state index >= 15 is 0 Å². The summed E-state index contributed by atoms with van der Waals surface area (Å²) in [5.74, 6) is 1.56. The minimum absolute atomic E-state index is 0.0542. The molecule has 0 radical (unpaired) electrons. The first-order valence-electron chi connectivity index (χ1n) is 14.8. The van der Waals surface area contributed by atoms with Gasteiger partial charge in [0.2, 0.25) is 0 Å². The van der Waals surface area contributed by atoms with Gasteiger partial charge in [-0.15, -0.1) is 0 Å². The number of ketones is 1. The molecule has 1 atom stereocenters. The monoisotopic (exact) mass is 608 g/mol. The molecule has 234 valence electrons. The fourth-order valence-corrected chi connectivity index (χ4v) is 10.3. The normalized spacial score (nSPS) is 12.6. The molecule has 3 rings (SSSR count). The van der Waals surface area contributed by atoms with E-state index < -0.39 is 8.32 Å². The topological polar surface area (TPSA) is 72.5 Å². The van der Waals surface area contributed by atoms with Crippen LogP contribution in [0.5, 0.6) is 17.2 Å². The number of carbonyl (C=O) groups is 1. The molecule has 0 unspecified atom stereocenters. The standard InChI is InChI=1S/C35H48O7Si/c1-26(31(36)22-28-23-32(40-24-37-6)34(39-8)27(2)33(28)41-25-38-7)16-15-21-42-43(35(3,4)5,29-17-11-9-12-18-29)30-19-13-10-14-20-30/h9-14,17-20,23,26H,15-16,21-22,24-25H2,1-8H3/t26-/m0/s1. The molecule has 0 spiro atoms. The third kappa shape index (κ3) is 8.26. The second-order valence-corrected chi connectivity index (χ2v) is 16.1. The number of ether oxygens (including phenoxy) is 5. The van der Waals surface area contributed by atoms with Crippen LogP contribution in [0.1, 0.15) is 51.7 Å². The van der Waals surface area contributed by atoms with E-state index in [1.807, 2.05) is 26.0 Å². The van der Waals surface area contributed by atoms with Crippen molar-refractivity contribution in [3.8, 4) is 17.2 Å². The van der Waals surface area contributed by atoms with Crippen molar-refractivity contribution in [2.45, 2.75) is 58.9 Å². The lowest BCUT2D eigenvalue weighted by atomic mass is 9.94. The predicted molar refractivity (Wildman–Crippen MR) is 173 cm³/mol. The fourth-order valence-electron chi connectivity index (χ4n) is 5.65. The van der Waals surface area contributed by atoms with Gasteiger partial charge in [-0.25, -0.2) is 0 Å². The van der Waals surface area contributed by atoms with E-state index in [4.69, 9.17) is 28.1 Å². The van der Waals surface area contributed by atoms with E-state index in [0.29, 0.717) is 30.3 Å². The molecule has 0 N–H and O–H groups in total. The average Bonchev–Trinajstić information content (AvgIpc) is 3.00. The Morgan fingerprint density at radius 1 is 0.837 bits per heavy atom. The highest BCUT2D eigenvalue weighted by molar-refractivity contribution is 6.99. The molecule has 8 heteroatoms. The molecule has 0 fully saturated rings. The smallest absolute Gasteiger partial charge is 0.261 e. The summed E-state index contributed by atoms with van der Waals surface area (Å²) in [7, 11) is 2.08. The summed E-state index contributed by atoms with van der Waals surface area (Å²) in [6, 6.07) is 23.0. The molecule has 0 heterocycles. The van der Waals surface area contributed by atoms with Gasteiger partial charge in [0.25, 0.3) is 8.32 Å². The third-order valence-corrected chi connectivity index (χ3v) is 12.8. The molecule has 0 aliphatic rings. The van der Waals surface area contributed by atoms with Crippen molar-refractivity contribution in [1.82, 2.24) is 0 Å². The van der Waals surface area contributed by atoms with Crippen LogP contribution in [-0.4, -0.2) is 55.6 Å². The maximum atomic E-state index is 13.5. The highest BCUT2D eigenvalue weighted by Crippen LogP contribution is 2.41. The van der Waals surface area contributed by atoms with Gasteiger partial charge < -0.3 is 28.1 Å². The molecule has 0 saturated carbocycles.